The number of hydrogen-bond acceptors (Lipinski definition) is 5. The topological polar surface area (TPSA) is 82.9 Å². The molecule has 0 fully saturated rings. The summed E-state index contributed by atoms with van der Waals surface area (Å²) in [5, 5.41) is 3.77. The molecule has 0 saturated heterocycles. The first-order valence-electron chi connectivity index (χ1n) is 9.52. The lowest BCUT2D eigenvalue weighted by molar-refractivity contribution is -0.115. The number of fused-ring (bicyclic) bond motifs is 1. The van der Waals surface area contributed by atoms with Gasteiger partial charge in [0.1, 0.15) is 5.58 Å². The van der Waals surface area contributed by atoms with Crippen LogP contribution in [0.5, 0.6) is 0 Å². The van der Waals surface area contributed by atoms with Gasteiger partial charge >= 0.3 is 0 Å². The van der Waals surface area contributed by atoms with Gasteiger partial charge in [-0.05, 0) is 43.2 Å². The summed E-state index contributed by atoms with van der Waals surface area (Å²) in [6.07, 6.45) is 1.73. The molecule has 0 spiro atoms. The quantitative estimate of drug-likeness (QED) is 0.648. The number of benzene rings is 2. The highest BCUT2D eigenvalue weighted by Gasteiger charge is 2.20. The van der Waals surface area contributed by atoms with Crippen LogP contribution >= 0.6 is 0 Å². The van der Waals surface area contributed by atoms with Crippen LogP contribution in [0.15, 0.2) is 45.9 Å². The maximum Gasteiger partial charge on any atom is 0.242 e. The Labute approximate surface area is 177 Å². The molecule has 0 unspecified atom stereocenters. The molecule has 3 aromatic rings. The molecule has 1 amide bonds. The maximum absolute atomic E-state index is 12.8. The van der Waals surface area contributed by atoms with E-state index in [1.165, 1.54) is 26.2 Å². The molecule has 30 heavy (non-hydrogen) atoms. The predicted octanol–water partition coefficient (Wildman–Crippen LogP) is 3.55. The van der Waals surface area contributed by atoms with Gasteiger partial charge in [0.05, 0.1) is 29.0 Å². The fraction of sp³-hybridized carbons (Fsp3) is 0.318. The number of hydrogen-bond donors (Lipinski definition) is 1. The average Bonchev–Trinajstić information content (AvgIpc) is 3.07. The molecular formula is C22H27N3O4S. The van der Waals surface area contributed by atoms with Gasteiger partial charge in [0.2, 0.25) is 15.9 Å². The number of nitrogens with zero attached hydrogens (tertiary/aromatic N) is 2. The summed E-state index contributed by atoms with van der Waals surface area (Å²) < 4.78 is 31.8. The van der Waals surface area contributed by atoms with Gasteiger partial charge in [-0.2, -0.15) is 0 Å². The van der Waals surface area contributed by atoms with Crippen molar-refractivity contribution in [2.24, 2.45) is 0 Å². The number of carbonyl (C=O) groups is 1. The van der Waals surface area contributed by atoms with Crippen LogP contribution in [0, 0.1) is 13.8 Å². The van der Waals surface area contributed by atoms with Crippen LogP contribution in [-0.4, -0.2) is 46.8 Å². The van der Waals surface area contributed by atoms with Crippen LogP contribution in [0.2, 0.25) is 0 Å². The number of carbonyl (C=O) groups excluding carboxylic acids is 1. The Kier molecular flexibility index (Phi) is 5.92. The molecule has 3 rings (SSSR count). The minimum atomic E-state index is -3.62. The SMILES string of the molecule is Cc1ccc2c(CC(=O)Nc3cc(S(=O)(=O)N(C)C)ccc3N(C)C)coc2c1C. The number of furan rings is 1. The van der Waals surface area contributed by atoms with Crippen molar-refractivity contribution in [3.63, 3.8) is 0 Å². The Morgan fingerprint density at radius 3 is 2.40 bits per heavy atom. The van der Waals surface area contributed by atoms with Crippen LogP contribution < -0.4 is 10.2 Å². The van der Waals surface area contributed by atoms with Gasteiger partial charge in [0.25, 0.3) is 0 Å². The molecule has 0 atom stereocenters. The van der Waals surface area contributed by atoms with E-state index in [2.05, 4.69) is 5.32 Å². The smallest absolute Gasteiger partial charge is 0.242 e. The van der Waals surface area contributed by atoms with Gasteiger partial charge in [0.15, 0.2) is 0 Å². The Morgan fingerprint density at radius 1 is 1.07 bits per heavy atom. The number of aryl methyl sites for hydroxylation is 2. The molecule has 0 saturated carbocycles. The Hall–Kier alpha value is -2.84. The molecule has 1 aromatic heterocycles. The fourth-order valence-electron chi connectivity index (χ4n) is 3.27. The van der Waals surface area contributed by atoms with E-state index in [0.29, 0.717) is 11.4 Å². The summed E-state index contributed by atoms with van der Waals surface area (Å²) in [4.78, 5) is 14.8. The highest BCUT2D eigenvalue weighted by molar-refractivity contribution is 7.89. The number of anilines is 2. The second-order valence-electron chi connectivity index (χ2n) is 7.73. The third kappa shape index (κ3) is 4.06. The van der Waals surface area contributed by atoms with E-state index < -0.39 is 10.0 Å². The van der Waals surface area contributed by atoms with E-state index in [-0.39, 0.29) is 17.2 Å². The van der Waals surface area contributed by atoms with Crippen molar-refractivity contribution in [3.05, 3.63) is 53.3 Å². The van der Waals surface area contributed by atoms with Crippen LogP contribution in [0.4, 0.5) is 11.4 Å². The van der Waals surface area contributed by atoms with Gasteiger partial charge in [-0.25, -0.2) is 12.7 Å². The largest absolute Gasteiger partial charge is 0.464 e. The Bertz CT molecular complexity index is 1210. The van der Waals surface area contributed by atoms with E-state index in [9.17, 15) is 13.2 Å². The second kappa shape index (κ2) is 8.12. The predicted molar refractivity (Wildman–Crippen MR) is 120 cm³/mol. The average molecular weight is 430 g/mol. The lowest BCUT2D eigenvalue weighted by atomic mass is 10.0. The minimum Gasteiger partial charge on any atom is -0.464 e. The summed E-state index contributed by atoms with van der Waals surface area (Å²) in [7, 11) is 3.00. The molecule has 0 aliphatic carbocycles. The fourth-order valence-corrected chi connectivity index (χ4v) is 4.20. The molecule has 1 N–H and O–H groups in total. The molecule has 160 valence electrons. The van der Waals surface area contributed by atoms with Crippen molar-refractivity contribution in [2.75, 3.05) is 38.4 Å². The Morgan fingerprint density at radius 2 is 1.77 bits per heavy atom. The molecule has 1 heterocycles. The molecular weight excluding hydrogens is 402 g/mol. The normalized spacial score (nSPS) is 11.8. The first kappa shape index (κ1) is 21.9. The highest BCUT2D eigenvalue weighted by atomic mass is 32.2. The maximum atomic E-state index is 12.8. The molecule has 0 bridgehead atoms. The summed E-state index contributed by atoms with van der Waals surface area (Å²) in [5.74, 6) is -0.251. The van der Waals surface area contributed by atoms with Crippen LogP contribution in [0.3, 0.4) is 0 Å². The van der Waals surface area contributed by atoms with E-state index in [4.69, 9.17) is 4.42 Å². The minimum absolute atomic E-state index is 0.118. The number of rotatable bonds is 6. The van der Waals surface area contributed by atoms with Gasteiger partial charge in [-0.1, -0.05) is 12.1 Å². The van der Waals surface area contributed by atoms with Gasteiger partial charge < -0.3 is 14.6 Å². The van der Waals surface area contributed by atoms with Crippen molar-refractivity contribution in [1.29, 1.82) is 0 Å². The highest BCUT2D eigenvalue weighted by Crippen LogP contribution is 2.30. The zero-order valence-electron chi connectivity index (χ0n) is 18.1. The molecule has 0 radical (unpaired) electrons. The third-order valence-corrected chi connectivity index (χ3v) is 7.01. The zero-order valence-corrected chi connectivity index (χ0v) is 18.9. The van der Waals surface area contributed by atoms with Crippen molar-refractivity contribution in [1.82, 2.24) is 4.31 Å². The Balaban J connectivity index is 1.92. The molecule has 7 nitrogen and oxygen atoms in total. The second-order valence-corrected chi connectivity index (χ2v) is 9.88. The van der Waals surface area contributed by atoms with Crippen molar-refractivity contribution < 1.29 is 17.6 Å². The van der Waals surface area contributed by atoms with E-state index >= 15 is 0 Å². The summed E-state index contributed by atoms with van der Waals surface area (Å²) >= 11 is 0. The zero-order chi connectivity index (χ0) is 22.2. The standard InChI is InChI=1S/C22H27N3O4S/c1-14-7-9-18-16(13-29-22(18)15(14)2)11-21(26)23-19-12-17(30(27,28)25(5)6)8-10-20(19)24(3)4/h7-10,12-13H,11H2,1-6H3,(H,23,26). The summed E-state index contributed by atoms with van der Waals surface area (Å²) in [6, 6.07) is 8.68. The van der Waals surface area contributed by atoms with E-state index in [0.717, 1.165) is 32.0 Å². The van der Waals surface area contributed by atoms with E-state index in [1.807, 2.05) is 45.0 Å². The van der Waals surface area contributed by atoms with Crippen molar-refractivity contribution >= 4 is 38.3 Å². The third-order valence-electron chi connectivity index (χ3n) is 5.20. The number of amides is 1. The lowest BCUT2D eigenvalue weighted by Crippen LogP contribution is -2.23. The summed E-state index contributed by atoms with van der Waals surface area (Å²) in [5.41, 5.74) is 4.90. The molecule has 2 aromatic carbocycles. The van der Waals surface area contributed by atoms with E-state index in [1.54, 1.807) is 12.3 Å². The molecule has 8 heteroatoms. The van der Waals surface area contributed by atoms with Crippen molar-refractivity contribution in [3.8, 4) is 0 Å². The lowest BCUT2D eigenvalue weighted by Gasteiger charge is -2.20. The molecule has 0 aliphatic heterocycles. The van der Waals surface area contributed by atoms with Crippen LogP contribution in [-0.2, 0) is 21.2 Å². The monoisotopic (exact) mass is 429 g/mol. The van der Waals surface area contributed by atoms with Gasteiger partial charge in [-0.3, -0.25) is 4.79 Å². The summed E-state index contributed by atoms with van der Waals surface area (Å²) in [6.45, 7) is 4.01. The number of sulfonamides is 1. The first-order chi connectivity index (χ1) is 14.0. The van der Waals surface area contributed by atoms with Crippen molar-refractivity contribution in [2.45, 2.75) is 25.2 Å². The molecule has 0 aliphatic rings. The van der Waals surface area contributed by atoms with Gasteiger partial charge in [0, 0.05) is 39.1 Å². The number of nitrogens with one attached hydrogen (secondary N) is 1. The van der Waals surface area contributed by atoms with Gasteiger partial charge in [-0.15, -0.1) is 0 Å². The van der Waals surface area contributed by atoms with Crippen LogP contribution in [0.1, 0.15) is 16.7 Å². The van der Waals surface area contributed by atoms with Crippen LogP contribution in [0.25, 0.3) is 11.0 Å². The first-order valence-corrected chi connectivity index (χ1v) is 11.0.